The number of nitrogen functional groups attached to an aromatic ring is 1. The Bertz CT molecular complexity index is 1750. The number of amides is 1. The number of nitrogens with one attached hydrogen (secondary N) is 1. The lowest BCUT2D eigenvalue weighted by atomic mass is 9.90. The third-order valence-electron chi connectivity index (χ3n) is 9.82. The fourth-order valence-corrected chi connectivity index (χ4v) is 7.22. The van der Waals surface area contributed by atoms with Gasteiger partial charge >= 0.3 is 0 Å². The highest BCUT2D eigenvalue weighted by Gasteiger charge is 2.31. The zero-order valence-electron chi connectivity index (χ0n) is 25.7. The van der Waals surface area contributed by atoms with E-state index in [1.165, 1.54) is 11.9 Å². The van der Waals surface area contributed by atoms with E-state index in [1.807, 2.05) is 37.3 Å². The zero-order valence-corrected chi connectivity index (χ0v) is 25.7. The molecule has 2 aromatic heterocycles. The number of benzene rings is 2. The van der Waals surface area contributed by atoms with E-state index in [1.54, 1.807) is 7.11 Å². The van der Waals surface area contributed by atoms with Crippen LogP contribution in [-0.2, 0) is 11.2 Å². The monoisotopic (exact) mass is 592 g/mol. The second-order valence-electron chi connectivity index (χ2n) is 12.4. The van der Waals surface area contributed by atoms with Crippen molar-refractivity contribution in [3.8, 4) is 17.0 Å². The summed E-state index contributed by atoms with van der Waals surface area (Å²) >= 11 is 0. The molecule has 1 saturated heterocycles. The van der Waals surface area contributed by atoms with Crippen molar-refractivity contribution in [2.24, 2.45) is 0 Å². The van der Waals surface area contributed by atoms with Gasteiger partial charge in [-0.05, 0) is 68.5 Å². The minimum absolute atomic E-state index is 0.121. The average Bonchev–Trinajstić information content (AvgIpc) is 3.61. The van der Waals surface area contributed by atoms with Gasteiger partial charge in [0.05, 0.1) is 24.2 Å². The van der Waals surface area contributed by atoms with Crippen molar-refractivity contribution >= 4 is 34.0 Å². The third kappa shape index (κ3) is 5.11. The molecule has 0 bridgehead atoms. The summed E-state index contributed by atoms with van der Waals surface area (Å²) in [6.45, 7) is 6.58. The van der Waals surface area contributed by atoms with Crippen LogP contribution in [0.4, 0.5) is 11.5 Å². The fourth-order valence-electron chi connectivity index (χ4n) is 7.22. The molecule has 0 atom stereocenters. The minimum atomic E-state index is -0.121. The average molecular weight is 593 g/mol. The summed E-state index contributed by atoms with van der Waals surface area (Å²) in [4.78, 5) is 27.4. The molecule has 1 amide bonds. The van der Waals surface area contributed by atoms with Crippen molar-refractivity contribution in [3.05, 3.63) is 65.5 Å². The maximum absolute atomic E-state index is 13.4. The van der Waals surface area contributed by atoms with E-state index in [9.17, 15) is 4.79 Å². The van der Waals surface area contributed by atoms with Crippen LogP contribution < -0.4 is 15.8 Å². The molecule has 0 unspecified atom stereocenters. The molecule has 10 heteroatoms. The number of allylic oxidation sites excluding steroid dienone is 1. The van der Waals surface area contributed by atoms with Crippen LogP contribution in [0.2, 0.25) is 0 Å². The molecule has 44 heavy (non-hydrogen) atoms. The van der Waals surface area contributed by atoms with Crippen LogP contribution in [0.5, 0.6) is 5.75 Å². The molecule has 7 rings (SSSR count). The second kappa shape index (κ2) is 11.7. The van der Waals surface area contributed by atoms with Gasteiger partial charge in [0, 0.05) is 49.8 Å². The summed E-state index contributed by atoms with van der Waals surface area (Å²) in [7, 11) is 3.81. The van der Waals surface area contributed by atoms with Crippen LogP contribution in [0, 0.1) is 0 Å². The Morgan fingerprint density at radius 3 is 2.50 bits per heavy atom. The van der Waals surface area contributed by atoms with Gasteiger partial charge in [0.15, 0.2) is 5.65 Å². The second-order valence-corrected chi connectivity index (χ2v) is 12.4. The molecule has 228 valence electrons. The molecule has 2 aliphatic carbocycles. The maximum Gasteiger partial charge on any atom is 0.252 e. The van der Waals surface area contributed by atoms with E-state index in [-0.39, 0.29) is 11.9 Å². The van der Waals surface area contributed by atoms with E-state index >= 15 is 0 Å². The summed E-state index contributed by atoms with van der Waals surface area (Å²) in [5.41, 5.74) is 13.5. The van der Waals surface area contributed by atoms with Gasteiger partial charge in [-0.25, -0.2) is 14.6 Å². The zero-order chi connectivity index (χ0) is 30.4. The van der Waals surface area contributed by atoms with Crippen LogP contribution in [0.3, 0.4) is 0 Å². The van der Waals surface area contributed by atoms with Crippen molar-refractivity contribution in [1.82, 2.24) is 29.5 Å². The first kappa shape index (κ1) is 28.5. The quantitative estimate of drug-likeness (QED) is 0.329. The number of nitrogens with zero attached hydrogens (tertiary/aromatic N) is 6. The first-order valence-corrected chi connectivity index (χ1v) is 15.6. The van der Waals surface area contributed by atoms with Crippen molar-refractivity contribution in [1.29, 1.82) is 0 Å². The number of fused-ring (bicyclic) bond motifs is 2. The summed E-state index contributed by atoms with van der Waals surface area (Å²) in [6, 6.07) is 14.8. The Kier molecular flexibility index (Phi) is 7.55. The Hall–Kier alpha value is -4.28. The molecule has 1 aliphatic heterocycles. The third-order valence-corrected chi connectivity index (χ3v) is 9.82. The lowest BCUT2D eigenvalue weighted by Crippen LogP contribution is -2.49. The number of hydrogen-bond acceptors (Lipinski definition) is 8. The number of ether oxygens (including phenoxy) is 1. The van der Waals surface area contributed by atoms with Crippen LogP contribution in [0.1, 0.15) is 49.8 Å². The van der Waals surface area contributed by atoms with Gasteiger partial charge in [-0.15, -0.1) is 0 Å². The van der Waals surface area contributed by atoms with Crippen molar-refractivity contribution in [2.75, 3.05) is 51.4 Å². The summed E-state index contributed by atoms with van der Waals surface area (Å²) in [5.74, 6) is 0.835. The molecular weight excluding hydrogens is 552 g/mol. The lowest BCUT2D eigenvalue weighted by molar-refractivity contribution is -0.112. The molecular formula is C34H40N8O2. The number of aromatic nitrogens is 4. The van der Waals surface area contributed by atoms with E-state index in [0.717, 1.165) is 90.9 Å². The largest absolute Gasteiger partial charge is 0.495 e. The number of nitrogens with two attached hydrogens (primary N) is 1. The lowest BCUT2D eigenvalue weighted by Gasteiger charge is -2.41. The number of anilines is 2. The molecule has 3 aliphatic rings. The van der Waals surface area contributed by atoms with Crippen LogP contribution in [0.15, 0.2) is 54.4 Å². The number of methoxy groups -OCH3 is 1. The van der Waals surface area contributed by atoms with Crippen LogP contribution in [0.25, 0.3) is 27.9 Å². The van der Waals surface area contributed by atoms with Crippen LogP contribution >= 0.6 is 0 Å². The molecule has 3 N–H and O–H groups in total. The molecule has 0 radical (unpaired) electrons. The Morgan fingerprint density at radius 1 is 1.00 bits per heavy atom. The summed E-state index contributed by atoms with van der Waals surface area (Å²) in [6.07, 6.45) is 6.53. The van der Waals surface area contributed by atoms with Gasteiger partial charge in [-0.3, -0.25) is 9.69 Å². The van der Waals surface area contributed by atoms with Gasteiger partial charge in [0.2, 0.25) is 0 Å². The molecule has 4 aromatic rings. The molecule has 2 aromatic carbocycles. The normalized spacial score (nSPS) is 21.1. The Balaban J connectivity index is 1.14. The molecule has 2 fully saturated rings. The van der Waals surface area contributed by atoms with Crippen molar-refractivity contribution in [2.45, 2.75) is 51.1 Å². The summed E-state index contributed by atoms with van der Waals surface area (Å²) < 4.78 is 7.83. The SMILES string of the molecule is COc1cc(-c2nn(C3CCC(N4CCN(C)CC4)CC3)c3ncnc(N)c23)ccc1NC(=O)C1=C(C)c2ccccc2C1. The molecule has 3 heterocycles. The van der Waals surface area contributed by atoms with Gasteiger partial charge in [-0.2, -0.15) is 5.10 Å². The number of piperazine rings is 1. The van der Waals surface area contributed by atoms with Gasteiger partial charge in [0.1, 0.15) is 23.6 Å². The van der Waals surface area contributed by atoms with E-state index in [4.69, 9.17) is 15.6 Å². The van der Waals surface area contributed by atoms with E-state index in [2.05, 4.69) is 48.9 Å². The van der Waals surface area contributed by atoms with Gasteiger partial charge < -0.3 is 20.7 Å². The predicted octanol–water partition coefficient (Wildman–Crippen LogP) is 4.78. The highest BCUT2D eigenvalue weighted by Crippen LogP contribution is 2.39. The molecule has 1 saturated carbocycles. The van der Waals surface area contributed by atoms with Gasteiger partial charge in [-0.1, -0.05) is 30.3 Å². The van der Waals surface area contributed by atoms with Gasteiger partial charge in [0.25, 0.3) is 5.91 Å². The first-order valence-electron chi connectivity index (χ1n) is 15.6. The maximum atomic E-state index is 13.4. The molecule has 10 nitrogen and oxygen atoms in total. The predicted molar refractivity (Wildman–Crippen MR) is 173 cm³/mol. The Morgan fingerprint density at radius 2 is 1.75 bits per heavy atom. The standard InChI is InChI=1S/C34H40N8O2/c1-21-26-7-5-4-6-22(26)18-27(21)34(43)38-28-13-8-23(19-29(28)44-3)31-30-32(35)36-20-37-33(30)42(39-31)25-11-9-24(10-12-25)41-16-14-40(2)15-17-41/h4-8,13,19-20,24-25H,9-12,14-18H2,1-3H3,(H,38,43)(H2,35,36,37). The Labute approximate surface area is 257 Å². The van der Waals surface area contributed by atoms with E-state index in [0.29, 0.717) is 29.7 Å². The number of carbonyl (C=O) groups is 1. The van der Waals surface area contributed by atoms with Crippen LogP contribution in [-0.4, -0.2) is 81.8 Å². The van der Waals surface area contributed by atoms with Crippen molar-refractivity contribution in [3.63, 3.8) is 0 Å². The molecule has 0 spiro atoms. The summed E-state index contributed by atoms with van der Waals surface area (Å²) in [5, 5.41) is 8.95. The first-order chi connectivity index (χ1) is 21.4. The number of carbonyl (C=O) groups excluding carboxylic acids is 1. The number of rotatable bonds is 6. The highest BCUT2D eigenvalue weighted by atomic mass is 16.5. The minimum Gasteiger partial charge on any atom is -0.495 e. The number of hydrogen-bond donors (Lipinski definition) is 2. The number of likely N-dealkylation sites (N-methyl/N-ethyl adjacent to an activating group) is 1. The smallest absolute Gasteiger partial charge is 0.252 e. The topological polar surface area (TPSA) is 114 Å². The highest BCUT2D eigenvalue weighted by molar-refractivity contribution is 6.11. The van der Waals surface area contributed by atoms with Crippen molar-refractivity contribution < 1.29 is 9.53 Å². The van der Waals surface area contributed by atoms with E-state index < -0.39 is 0 Å². The fraction of sp³-hybridized carbons (Fsp3) is 0.412.